The molecular formula is C28H14ClN7O3S. The summed E-state index contributed by atoms with van der Waals surface area (Å²) in [5.41, 5.74) is 2.28. The van der Waals surface area contributed by atoms with E-state index in [1.807, 2.05) is 0 Å². The first-order valence-corrected chi connectivity index (χ1v) is 13.1. The van der Waals surface area contributed by atoms with E-state index in [0.29, 0.717) is 47.7 Å². The lowest BCUT2D eigenvalue weighted by Crippen LogP contribution is -2.36. The van der Waals surface area contributed by atoms with Gasteiger partial charge in [0, 0.05) is 28.7 Å². The highest BCUT2D eigenvalue weighted by molar-refractivity contribution is 7.07. The molecule has 0 aliphatic carbocycles. The molecule has 0 spiro atoms. The Balaban J connectivity index is 1.59. The Morgan fingerprint density at radius 2 is 1.68 bits per heavy atom. The van der Waals surface area contributed by atoms with Crippen LogP contribution in [0, 0.1) is 11.3 Å². The number of nitriles is 1. The van der Waals surface area contributed by atoms with Crippen molar-refractivity contribution < 1.29 is 10.2 Å². The third-order valence-electron chi connectivity index (χ3n) is 6.86. The van der Waals surface area contributed by atoms with Crippen molar-refractivity contribution in [2.24, 2.45) is 0 Å². The normalized spacial score (nSPS) is 14.8. The predicted molar refractivity (Wildman–Crippen MR) is 149 cm³/mol. The van der Waals surface area contributed by atoms with Crippen molar-refractivity contribution in [2.75, 3.05) is 0 Å². The average Bonchev–Trinajstić information content (AvgIpc) is 3.30. The van der Waals surface area contributed by atoms with E-state index in [2.05, 4.69) is 31.4 Å². The minimum Gasteiger partial charge on any atom is -0.506 e. The third-order valence-corrected chi connectivity index (χ3v) is 8.25. The standard InChI is InChI=1S/C28H14ClN7O3S/c29-25-22-21(15-6-8-19(38)24-16(15)4-2-10-32-24)17(12-30)28-36(26(22)34-35-33-25)27(39)20(40-28)11-13-5-7-18(37)23-14(13)3-1-9-31-23/h1-11,21,37-38H/b20-11+. The van der Waals surface area contributed by atoms with Gasteiger partial charge in [-0.3, -0.25) is 14.8 Å². The molecule has 5 heterocycles. The predicted octanol–water partition coefficient (Wildman–Crippen LogP) is 2.89. The van der Waals surface area contributed by atoms with E-state index in [4.69, 9.17) is 11.6 Å². The lowest BCUT2D eigenvalue weighted by Gasteiger charge is -2.24. The number of aromatic nitrogens is 6. The molecule has 12 heteroatoms. The molecule has 0 saturated carbocycles. The van der Waals surface area contributed by atoms with Crippen molar-refractivity contribution in [1.82, 2.24) is 29.9 Å². The third kappa shape index (κ3) is 3.40. The van der Waals surface area contributed by atoms with Gasteiger partial charge in [0.15, 0.2) is 11.0 Å². The Bertz CT molecular complexity index is 2270. The highest BCUT2D eigenvalue weighted by atomic mass is 35.5. The van der Waals surface area contributed by atoms with Crippen molar-refractivity contribution in [3.8, 4) is 23.4 Å². The zero-order chi connectivity index (χ0) is 27.5. The fourth-order valence-corrected chi connectivity index (χ4v) is 6.48. The molecular weight excluding hydrogens is 550 g/mol. The molecule has 0 saturated heterocycles. The summed E-state index contributed by atoms with van der Waals surface area (Å²) in [6.45, 7) is 0. The fourth-order valence-electron chi connectivity index (χ4n) is 5.14. The Labute approximate surface area is 233 Å². The number of thiazole rings is 1. The SMILES string of the molecule is N#CC1=c2s/c(=C/c3ccc(O)c4ncccc34)c(=O)n2-c2nnnc(Cl)c2C1c1ccc(O)c2ncccc12. The molecule has 4 aromatic heterocycles. The molecule has 1 unspecified atom stereocenters. The number of fused-ring (bicyclic) bond motifs is 5. The zero-order valence-electron chi connectivity index (χ0n) is 20.1. The minimum atomic E-state index is -0.757. The van der Waals surface area contributed by atoms with E-state index >= 15 is 0 Å². The van der Waals surface area contributed by atoms with Crippen LogP contribution in [0.4, 0.5) is 0 Å². The van der Waals surface area contributed by atoms with Crippen LogP contribution in [0.15, 0.2) is 65.7 Å². The topological polar surface area (TPSA) is 151 Å². The lowest BCUT2D eigenvalue weighted by molar-refractivity contribution is 0.479. The summed E-state index contributed by atoms with van der Waals surface area (Å²) >= 11 is 7.71. The minimum absolute atomic E-state index is 0.00209. The quantitative estimate of drug-likeness (QED) is 0.324. The van der Waals surface area contributed by atoms with Crippen LogP contribution in [0.25, 0.3) is 39.3 Å². The van der Waals surface area contributed by atoms with Gasteiger partial charge in [0.25, 0.3) is 5.56 Å². The van der Waals surface area contributed by atoms with E-state index in [0.717, 1.165) is 11.3 Å². The van der Waals surface area contributed by atoms with Gasteiger partial charge in [-0.05, 0) is 46.7 Å². The Hall–Kier alpha value is -5.18. The number of phenols is 2. The van der Waals surface area contributed by atoms with Crippen molar-refractivity contribution >= 4 is 56.4 Å². The van der Waals surface area contributed by atoms with Gasteiger partial charge in [-0.25, -0.2) is 4.57 Å². The smallest absolute Gasteiger partial charge is 0.274 e. The molecule has 0 bridgehead atoms. The molecule has 192 valence electrons. The highest BCUT2D eigenvalue weighted by Crippen LogP contribution is 2.43. The van der Waals surface area contributed by atoms with Crippen LogP contribution in [0.2, 0.25) is 5.15 Å². The fraction of sp³-hybridized carbons (Fsp3) is 0.0357. The summed E-state index contributed by atoms with van der Waals surface area (Å²) in [5, 5.41) is 44.3. The molecule has 0 radical (unpaired) electrons. The first-order valence-electron chi connectivity index (χ1n) is 11.9. The van der Waals surface area contributed by atoms with Crippen LogP contribution >= 0.6 is 22.9 Å². The van der Waals surface area contributed by atoms with Gasteiger partial charge in [-0.15, -0.1) is 21.5 Å². The molecule has 2 aromatic carbocycles. The monoisotopic (exact) mass is 563 g/mol. The summed E-state index contributed by atoms with van der Waals surface area (Å²) in [6, 6.07) is 15.8. The van der Waals surface area contributed by atoms with Gasteiger partial charge in [-0.1, -0.05) is 35.9 Å². The van der Waals surface area contributed by atoms with Crippen molar-refractivity contribution in [2.45, 2.75) is 5.92 Å². The number of aromatic hydroxyl groups is 2. The number of hydrogen-bond donors (Lipinski definition) is 2. The van der Waals surface area contributed by atoms with Gasteiger partial charge < -0.3 is 10.2 Å². The summed E-state index contributed by atoms with van der Waals surface area (Å²) in [7, 11) is 0. The Morgan fingerprint density at radius 1 is 0.975 bits per heavy atom. The first kappa shape index (κ1) is 23.9. The summed E-state index contributed by atoms with van der Waals surface area (Å²) in [5.74, 6) is -0.569. The van der Waals surface area contributed by atoms with Crippen LogP contribution in [-0.2, 0) is 0 Å². The molecule has 10 nitrogen and oxygen atoms in total. The maximum atomic E-state index is 13.8. The van der Waals surface area contributed by atoms with Crippen LogP contribution < -0.4 is 14.8 Å². The van der Waals surface area contributed by atoms with E-state index in [9.17, 15) is 20.3 Å². The molecule has 1 aliphatic heterocycles. The highest BCUT2D eigenvalue weighted by Gasteiger charge is 2.35. The number of hydrogen-bond acceptors (Lipinski definition) is 10. The summed E-state index contributed by atoms with van der Waals surface area (Å²) in [6.07, 6.45) is 4.84. The van der Waals surface area contributed by atoms with E-state index in [1.165, 1.54) is 16.7 Å². The van der Waals surface area contributed by atoms with Crippen molar-refractivity contribution in [3.63, 3.8) is 0 Å². The van der Waals surface area contributed by atoms with Crippen LogP contribution in [0.3, 0.4) is 0 Å². The Morgan fingerprint density at radius 3 is 2.42 bits per heavy atom. The average molecular weight is 564 g/mol. The molecule has 0 amide bonds. The van der Waals surface area contributed by atoms with Crippen LogP contribution in [-0.4, -0.2) is 40.2 Å². The van der Waals surface area contributed by atoms with Crippen molar-refractivity contribution in [3.05, 3.63) is 102 Å². The lowest BCUT2D eigenvalue weighted by atomic mass is 9.83. The molecule has 2 N–H and O–H groups in total. The number of halogens is 1. The molecule has 0 fully saturated rings. The van der Waals surface area contributed by atoms with E-state index in [1.54, 1.807) is 54.9 Å². The molecule has 1 atom stereocenters. The second-order valence-corrected chi connectivity index (χ2v) is 10.4. The van der Waals surface area contributed by atoms with Gasteiger partial charge in [-0.2, -0.15) is 5.26 Å². The zero-order valence-corrected chi connectivity index (χ0v) is 21.7. The molecule has 6 aromatic rings. The van der Waals surface area contributed by atoms with Crippen LogP contribution in [0.5, 0.6) is 11.5 Å². The maximum absolute atomic E-state index is 13.8. The van der Waals surface area contributed by atoms with E-state index < -0.39 is 11.5 Å². The second-order valence-electron chi connectivity index (χ2n) is 8.98. The van der Waals surface area contributed by atoms with Gasteiger partial charge >= 0.3 is 0 Å². The second kappa shape index (κ2) is 8.94. The Kier molecular flexibility index (Phi) is 5.34. The number of pyridine rings is 2. The molecule has 40 heavy (non-hydrogen) atoms. The van der Waals surface area contributed by atoms with Crippen molar-refractivity contribution in [1.29, 1.82) is 5.26 Å². The number of benzene rings is 2. The first-order chi connectivity index (χ1) is 19.5. The van der Waals surface area contributed by atoms with E-state index in [-0.39, 0.29) is 28.0 Å². The summed E-state index contributed by atoms with van der Waals surface area (Å²) in [4.78, 5) is 22.4. The molecule has 1 aliphatic rings. The van der Waals surface area contributed by atoms with Crippen LogP contribution in [0.1, 0.15) is 22.6 Å². The largest absolute Gasteiger partial charge is 0.506 e. The molecule has 7 rings (SSSR count). The number of rotatable bonds is 2. The van der Waals surface area contributed by atoms with Gasteiger partial charge in [0.1, 0.15) is 27.2 Å². The number of phenolic OH excluding ortho intramolecular Hbond substituents is 2. The maximum Gasteiger partial charge on any atom is 0.274 e. The number of nitrogens with zero attached hydrogens (tertiary/aromatic N) is 7. The van der Waals surface area contributed by atoms with Gasteiger partial charge in [0.2, 0.25) is 0 Å². The summed E-state index contributed by atoms with van der Waals surface area (Å²) < 4.78 is 2.04. The van der Waals surface area contributed by atoms with Gasteiger partial charge in [0.05, 0.1) is 22.1 Å².